The van der Waals surface area contributed by atoms with Gasteiger partial charge in [-0.05, 0) is 36.6 Å². The van der Waals surface area contributed by atoms with E-state index in [1.54, 1.807) is 6.07 Å². The maximum atomic E-state index is 13.1. The summed E-state index contributed by atoms with van der Waals surface area (Å²) in [7, 11) is 0. The van der Waals surface area contributed by atoms with Crippen LogP contribution in [-0.4, -0.2) is 11.5 Å². The minimum atomic E-state index is -4.48. The number of rotatable bonds is 4. The zero-order valence-electron chi connectivity index (χ0n) is 11.8. The number of pyridine rings is 1. The van der Waals surface area contributed by atoms with Crippen molar-refractivity contribution in [3.63, 3.8) is 0 Å². The van der Waals surface area contributed by atoms with Gasteiger partial charge in [-0.1, -0.05) is 25.4 Å². The number of nitrogens with one attached hydrogen (secondary N) is 1. The molecule has 114 valence electrons. The van der Waals surface area contributed by atoms with Crippen LogP contribution in [-0.2, 0) is 12.6 Å². The van der Waals surface area contributed by atoms with Crippen LogP contribution in [0.5, 0.6) is 0 Å². The molecule has 0 saturated heterocycles. The Labute approximate surface area is 126 Å². The molecule has 6 heteroatoms. The molecule has 2 nitrogen and oxygen atoms in total. The maximum absolute atomic E-state index is 13.1. The highest BCUT2D eigenvalue weighted by Gasteiger charge is 2.34. The molecule has 0 radical (unpaired) electrons. The van der Waals surface area contributed by atoms with Crippen molar-refractivity contribution in [2.24, 2.45) is 0 Å². The molecule has 1 N–H and O–H groups in total. The Morgan fingerprint density at radius 2 is 1.90 bits per heavy atom. The number of hydrogen-bond acceptors (Lipinski definition) is 2. The average Bonchev–Trinajstić information content (AvgIpc) is 2.42. The van der Waals surface area contributed by atoms with Crippen molar-refractivity contribution in [2.45, 2.75) is 32.9 Å². The number of fused-ring (bicyclic) bond motifs is 1. The summed E-state index contributed by atoms with van der Waals surface area (Å²) in [5, 5.41) is 3.56. The van der Waals surface area contributed by atoms with Crippen LogP contribution in [0, 0.1) is 0 Å². The van der Waals surface area contributed by atoms with Crippen LogP contribution in [0.3, 0.4) is 0 Å². The molecule has 1 aromatic carbocycles. The third kappa shape index (κ3) is 3.40. The van der Waals surface area contributed by atoms with Gasteiger partial charge >= 0.3 is 6.18 Å². The zero-order valence-corrected chi connectivity index (χ0v) is 12.6. The number of hydrogen-bond donors (Lipinski definition) is 1. The van der Waals surface area contributed by atoms with Crippen LogP contribution >= 0.6 is 11.6 Å². The SMILES string of the molecule is CCCNc1nc2c(C(F)(F)F)cc(Cl)cc2cc1CC. The van der Waals surface area contributed by atoms with Crippen molar-refractivity contribution in [1.82, 2.24) is 4.98 Å². The quantitative estimate of drug-likeness (QED) is 0.828. The van der Waals surface area contributed by atoms with Crippen molar-refractivity contribution >= 4 is 28.3 Å². The molecule has 0 aliphatic heterocycles. The van der Waals surface area contributed by atoms with Gasteiger partial charge in [0.25, 0.3) is 0 Å². The molecule has 0 fully saturated rings. The zero-order chi connectivity index (χ0) is 15.6. The Hall–Kier alpha value is -1.49. The number of nitrogens with zero attached hydrogens (tertiary/aromatic N) is 1. The van der Waals surface area contributed by atoms with E-state index in [1.165, 1.54) is 6.07 Å². The van der Waals surface area contributed by atoms with Gasteiger partial charge in [-0.3, -0.25) is 0 Å². The number of aromatic nitrogens is 1. The number of halogens is 4. The van der Waals surface area contributed by atoms with Crippen molar-refractivity contribution in [2.75, 3.05) is 11.9 Å². The first-order valence-corrected chi connectivity index (χ1v) is 7.18. The highest BCUT2D eigenvalue weighted by atomic mass is 35.5. The lowest BCUT2D eigenvalue weighted by molar-refractivity contribution is -0.136. The van der Waals surface area contributed by atoms with Crippen LogP contribution in [0.25, 0.3) is 10.9 Å². The first-order valence-electron chi connectivity index (χ1n) is 6.81. The normalized spacial score (nSPS) is 11.9. The van der Waals surface area contributed by atoms with E-state index >= 15 is 0 Å². The van der Waals surface area contributed by atoms with Gasteiger partial charge in [-0.15, -0.1) is 0 Å². The Bertz CT molecular complexity index is 653. The number of alkyl halides is 3. The van der Waals surface area contributed by atoms with E-state index in [0.717, 1.165) is 18.1 Å². The molecule has 2 rings (SSSR count). The van der Waals surface area contributed by atoms with E-state index < -0.39 is 11.7 Å². The molecule has 0 aliphatic rings. The predicted octanol–water partition coefficient (Wildman–Crippen LogP) is 5.29. The molecule has 0 atom stereocenters. The Balaban J connectivity index is 2.69. The van der Waals surface area contributed by atoms with Crippen LogP contribution < -0.4 is 5.32 Å². The van der Waals surface area contributed by atoms with E-state index in [4.69, 9.17) is 11.6 Å². The fraction of sp³-hybridized carbons (Fsp3) is 0.400. The second kappa shape index (κ2) is 6.10. The highest BCUT2D eigenvalue weighted by Crippen LogP contribution is 2.37. The molecule has 0 bridgehead atoms. The van der Waals surface area contributed by atoms with Gasteiger partial charge in [0.1, 0.15) is 5.82 Å². The Morgan fingerprint density at radius 3 is 2.48 bits per heavy atom. The summed E-state index contributed by atoms with van der Waals surface area (Å²) in [6, 6.07) is 4.16. The van der Waals surface area contributed by atoms with Crippen LogP contribution in [0.2, 0.25) is 5.02 Å². The van der Waals surface area contributed by atoms with E-state index in [2.05, 4.69) is 10.3 Å². The molecular weight excluding hydrogens is 301 g/mol. The summed E-state index contributed by atoms with van der Waals surface area (Å²) in [5.41, 5.74) is 0.0150. The first-order chi connectivity index (χ1) is 9.86. The topological polar surface area (TPSA) is 24.9 Å². The van der Waals surface area contributed by atoms with Crippen molar-refractivity contribution in [3.8, 4) is 0 Å². The highest BCUT2D eigenvalue weighted by molar-refractivity contribution is 6.31. The van der Waals surface area contributed by atoms with E-state index in [1.807, 2.05) is 13.8 Å². The molecule has 0 unspecified atom stereocenters. The van der Waals surface area contributed by atoms with Gasteiger partial charge in [0.05, 0.1) is 11.1 Å². The number of anilines is 1. The third-order valence-corrected chi connectivity index (χ3v) is 3.41. The van der Waals surface area contributed by atoms with Crippen LogP contribution in [0.1, 0.15) is 31.4 Å². The summed E-state index contributed by atoms with van der Waals surface area (Å²) in [6.45, 7) is 4.59. The largest absolute Gasteiger partial charge is 0.418 e. The van der Waals surface area contributed by atoms with E-state index in [-0.39, 0.29) is 10.5 Å². The molecule has 1 aromatic heterocycles. The molecule has 0 amide bonds. The van der Waals surface area contributed by atoms with Crippen LogP contribution in [0.4, 0.5) is 19.0 Å². The van der Waals surface area contributed by atoms with Crippen LogP contribution in [0.15, 0.2) is 18.2 Å². The minimum absolute atomic E-state index is 0.0629. The third-order valence-electron chi connectivity index (χ3n) is 3.19. The standard InChI is InChI=1S/C15H16ClF3N2/c1-3-5-20-14-9(4-2)6-10-7-11(16)8-12(13(10)21-14)15(17,18)19/h6-8H,3-5H2,1-2H3,(H,20,21). The van der Waals surface area contributed by atoms with Gasteiger partial charge in [0, 0.05) is 17.0 Å². The molecule has 0 saturated carbocycles. The van der Waals surface area contributed by atoms with Crippen molar-refractivity contribution < 1.29 is 13.2 Å². The van der Waals surface area contributed by atoms with E-state index in [0.29, 0.717) is 24.2 Å². The summed E-state index contributed by atoms with van der Waals surface area (Å²) < 4.78 is 39.4. The molecular formula is C15H16ClF3N2. The minimum Gasteiger partial charge on any atom is -0.370 e. The van der Waals surface area contributed by atoms with Gasteiger partial charge < -0.3 is 5.32 Å². The lowest BCUT2D eigenvalue weighted by atomic mass is 10.1. The monoisotopic (exact) mass is 316 g/mol. The van der Waals surface area contributed by atoms with Gasteiger partial charge in [-0.25, -0.2) is 4.98 Å². The lowest BCUT2D eigenvalue weighted by Gasteiger charge is -2.15. The summed E-state index contributed by atoms with van der Waals surface area (Å²) in [4.78, 5) is 4.20. The van der Waals surface area contributed by atoms with Crippen molar-refractivity contribution in [1.29, 1.82) is 0 Å². The first kappa shape index (κ1) is 15.9. The molecule has 0 aliphatic carbocycles. The molecule has 1 heterocycles. The number of aryl methyl sites for hydroxylation is 1. The predicted molar refractivity (Wildman–Crippen MR) is 79.9 cm³/mol. The summed E-state index contributed by atoms with van der Waals surface area (Å²) in [5.74, 6) is 0.514. The lowest BCUT2D eigenvalue weighted by Crippen LogP contribution is -2.10. The fourth-order valence-corrected chi connectivity index (χ4v) is 2.40. The smallest absolute Gasteiger partial charge is 0.370 e. The Kier molecular flexibility index (Phi) is 4.61. The average molecular weight is 317 g/mol. The van der Waals surface area contributed by atoms with Gasteiger partial charge in [-0.2, -0.15) is 13.2 Å². The summed E-state index contributed by atoms with van der Waals surface area (Å²) in [6.07, 6.45) is -2.93. The molecule has 2 aromatic rings. The molecule has 21 heavy (non-hydrogen) atoms. The molecule has 0 spiro atoms. The van der Waals surface area contributed by atoms with Crippen molar-refractivity contribution in [3.05, 3.63) is 34.3 Å². The van der Waals surface area contributed by atoms with Gasteiger partial charge in [0.15, 0.2) is 0 Å². The fourth-order valence-electron chi connectivity index (χ4n) is 2.18. The summed E-state index contributed by atoms with van der Waals surface area (Å²) >= 11 is 5.81. The van der Waals surface area contributed by atoms with Gasteiger partial charge in [0.2, 0.25) is 0 Å². The second-order valence-electron chi connectivity index (χ2n) is 4.80. The van der Waals surface area contributed by atoms with E-state index in [9.17, 15) is 13.2 Å². The number of benzene rings is 1. The maximum Gasteiger partial charge on any atom is 0.418 e. The second-order valence-corrected chi connectivity index (χ2v) is 5.24. The Morgan fingerprint density at radius 1 is 1.19 bits per heavy atom.